The van der Waals surface area contributed by atoms with Crippen LogP contribution in [-0.4, -0.2) is 31.0 Å². The number of amides is 1. The number of aliphatic imine (C=N–C) groups is 1. The number of carbonyl (C=O) groups excluding carboxylic acids is 1. The second-order valence-electron chi connectivity index (χ2n) is 6.24. The summed E-state index contributed by atoms with van der Waals surface area (Å²) >= 11 is 1.60. The van der Waals surface area contributed by atoms with Crippen LogP contribution < -0.4 is 14.4 Å². The number of ether oxygens (including phenoxy) is 2. The molecule has 1 amide bonds. The lowest BCUT2D eigenvalue weighted by Crippen LogP contribution is -2.30. The van der Waals surface area contributed by atoms with Crippen LogP contribution in [0.3, 0.4) is 0 Å². The Morgan fingerprint density at radius 2 is 1.82 bits per heavy atom. The number of methoxy groups -OCH3 is 2. The second-order valence-corrected chi connectivity index (χ2v) is 7.30. The lowest BCUT2D eigenvalue weighted by Gasteiger charge is -2.18. The molecule has 0 spiro atoms. The van der Waals surface area contributed by atoms with Crippen molar-refractivity contribution in [3.63, 3.8) is 0 Å². The third-order valence-corrected chi connectivity index (χ3v) is 5.31. The van der Waals surface area contributed by atoms with E-state index in [1.807, 2.05) is 54.6 Å². The molecule has 2 aromatic carbocycles. The predicted octanol–water partition coefficient (Wildman–Crippen LogP) is 4.98. The Kier molecular flexibility index (Phi) is 6.76. The highest BCUT2D eigenvalue weighted by Crippen LogP contribution is 2.31. The summed E-state index contributed by atoms with van der Waals surface area (Å²) in [6, 6.07) is 15.0. The van der Waals surface area contributed by atoms with Gasteiger partial charge in [-0.1, -0.05) is 43.3 Å². The number of benzene rings is 2. The van der Waals surface area contributed by atoms with Gasteiger partial charge in [0.15, 0.2) is 5.17 Å². The standard InChI is InChI=1S/C22H24N2O3S/c1-4-5-13-28-22-23-20(14-16-9-11-18(26-2)12-10-16)21(25)24(22)17-7-6-8-19(15-17)27-3/h6-12,14-15H,4-5,13H2,1-3H3. The monoisotopic (exact) mass is 396 g/mol. The first-order chi connectivity index (χ1) is 13.7. The quantitative estimate of drug-likeness (QED) is 0.489. The minimum Gasteiger partial charge on any atom is -0.497 e. The molecule has 1 aliphatic rings. The molecule has 146 valence electrons. The van der Waals surface area contributed by atoms with Crippen molar-refractivity contribution < 1.29 is 14.3 Å². The first kappa shape index (κ1) is 20.0. The van der Waals surface area contributed by atoms with Crippen LogP contribution in [-0.2, 0) is 4.79 Å². The number of hydrogen-bond acceptors (Lipinski definition) is 5. The normalized spacial score (nSPS) is 15.1. The molecule has 2 aromatic rings. The van der Waals surface area contributed by atoms with E-state index in [-0.39, 0.29) is 5.91 Å². The van der Waals surface area contributed by atoms with Crippen molar-refractivity contribution in [2.45, 2.75) is 19.8 Å². The van der Waals surface area contributed by atoms with Gasteiger partial charge in [0.25, 0.3) is 5.91 Å². The zero-order chi connectivity index (χ0) is 19.9. The molecule has 6 heteroatoms. The van der Waals surface area contributed by atoms with Gasteiger partial charge < -0.3 is 9.47 Å². The van der Waals surface area contributed by atoms with Gasteiger partial charge in [-0.05, 0) is 42.3 Å². The zero-order valence-corrected chi connectivity index (χ0v) is 17.2. The predicted molar refractivity (Wildman–Crippen MR) is 116 cm³/mol. The highest BCUT2D eigenvalue weighted by Gasteiger charge is 2.32. The Morgan fingerprint density at radius 1 is 1.07 bits per heavy atom. The van der Waals surface area contributed by atoms with Gasteiger partial charge >= 0.3 is 0 Å². The molecule has 3 rings (SSSR count). The van der Waals surface area contributed by atoms with Gasteiger partial charge in [-0.15, -0.1) is 0 Å². The van der Waals surface area contributed by atoms with Crippen molar-refractivity contribution in [3.8, 4) is 11.5 Å². The van der Waals surface area contributed by atoms with Gasteiger partial charge in [0, 0.05) is 11.8 Å². The summed E-state index contributed by atoms with van der Waals surface area (Å²) in [6.45, 7) is 2.15. The Balaban J connectivity index is 1.93. The third kappa shape index (κ3) is 4.57. The maximum absolute atomic E-state index is 13.1. The van der Waals surface area contributed by atoms with E-state index < -0.39 is 0 Å². The van der Waals surface area contributed by atoms with Crippen molar-refractivity contribution in [2.24, 2.45) is 4.99 Å². The summed E-state index contributed by atoms with van der Waals surface area (Å²) in [7, 11) is 3.25. The molecule has 0 fully saturated rings. The molecule has 0 radical (unpaired) electrons. The molecular formula is C22H24N2O3S. The van der Waals surface area contributed by atoms with E-state index in [1.165, 1.54) is 0 Å². The minimum atomic E-state index is -0.136. The molecule has 0 bridgehead atoms. The van der Waals surface area contributed by atoms with Crippen LogP contribution in [0.2, 0.25) is 0 Å². The zero-order valence-electron chi connectivity index (χ0n) is 16.3. The van der Waals surface area contributed by atoms with Crippen LogP contribution in [0.4, 0.5) is 5.69 Å². The maximum atomic E-state index is 13.1. The summed E-state index contributed by atoms with van der Waals surface area (Å²) in [5, 5.41) is 0.700. The molecular weight excluding hydrogens is 372 g/mol. The molecule has 5 nitrogen and oxygen atoms in total. The van der Waals surface area contributed by atoms with Crippen LogP contribution in [0.25, 0.3) is 6.08 Å². The highest BCUT2D eigenvalue weighted by molar-refractivity contribution is 8.14. The van der Waals surface area contributed by atoms with Gasteiger partial charge in [-0.25, -0.2) is 4.99 Å². The van der Waals surface area contributed by atoms with Crippen LogP contribution in [0.5, 0.6) is 11.5 Å². The highest BCUT2D eigenvalue weighted by atomic mass is 32.2. The Hall–Kier alpha value is -2.73. The van der Waals surface area contributed by atoms with E-state index in [2.05, 4.69) is 11.9 Å². The van der Waals surface area contributed by atoms with E-state index in [0.29, 0.717) is 16.6 Å². The summed E-state index contributed by atoms with van der Waals surface area (Å²) < 4.78 is 10.5. The third-order valence-electron chi connectivity index (χ3n) is 4.29. The van der Waals surface area contributed by atoms with Gasteiger partial charge in [-0.3, -0.25) is 9.69 Å². The van der Waals surface area contributed by atoms with Crippen LogP contribution in [0.1, 0.15) is 25.3 Å². The van der Waals surface area contributed by atoms with Crippen LogP contribution in [0.15, 0.2) is 59.2 Å². The fraction of sp³-hybridized carbons (Fsp3) is 0.273. The molecule has 0 aromatic heterocycles. The number of thioether (sulfide) groups is 1. The van der Waals surface area contributed by atoms with E-state index in [0.717, 1.165) is 35.6 Å². The smallest absolute Gasteiger partial charge is 0.283 e. The molecule has 0 unspecified atom stereocenters. The molecule has 28 heavy (non-hydrogen) atoms. The van der Waals surface area contributed by atoms with Crippen molar-refractivity contribution in [2.75, 3.05) is 24.9 Å². The van der Waals surface area contributed by atoms with Gasteiger partial charge in [0.2, 0.25) is 0 Å². The second kappa shape index (κ2) is 9.46. The minimum absolute atomic E-state index is 0.136. The van der Waals surface area contributed by atoms with Crippen molar-refractivity contribution >= 4 is 34.6 Å². The molecule has 1 aliphatic heterocycles. The molecule has 1 heterocycles. The molecule has 0 N–H and O–H groups in total. The largest absolute Gasteiger partial charge is 0.497 e. The summed E-state index contributed by atoms with van der Waals surface area (Å²) in [5.74, 6) is 2.26. The number of rotatable bonds is 7. The Morgan fingerprint density at radius 3 is 2.50 bits per heavy atom. The van der Waals surface area contributed by atoms with E-state index >= 15 is 0 Å². The van der Waals surface area contributed by atoms with Crippen LogP contribution >= 0.6 is 11.8 Å². The van der Waals surface area contributed by atoms with E-state index in [1.54, 1.807) is 30.9 Å². The van der Waals surface area contributed by atoms with E-state index in [4.69, 9.17) is 9.47 Å². The number of anilines is 1. The van der Waals surface area contributed by atoms with Gasteiger partial charge in [-0.2, -0.15) is 0 Å². The molecule has 0 saturated carbocycles. The average Bonchev–Trinajstić information content (AvgIpc) is 3.04. The van der Waals surface area contributed by atoms with Crippen LogP contribution in [0, 0.1) is 0 Å². The topological polar surface area (TPSA) is 51.1 Å². The fourth-order valence-electron chi connectivity index (χ4n) is 2.74. The molecule has 0 aliphatic carbocycles. The van der Waals surface area contributed by atoms with Crippen molar-refractivity contribution in [1.82, 2.24) is 0 Å². The summed E-state index contributed by atoms with van der Waals surface area (Å²) in [5.41, 5.74) is 2.08. The average molecular weight is 397 g/mol. The molecule has 0 saturated heterocycles. The number of amidine groups is 1. The SMILES string of the molecule is CCCCSC1=NC(=Cc2ccc(OC)cc2)C(=O)N1c1cccc(OC)c1. The van der Waals surface area contributed by atoms with E-state index in [9.17, 15) is 4.79 Å². The van der Waals surface area contributed by atoms with Gasteiger partial charge in [0.05, 0.1) is 19.9 Å². The van der Waals surface area contributed by atoms with Crippen molar-refractivity contribution in [1.29, 1.82) is 0 Å². The number of hydrogen-bond donors (Lipinski definition) is 0. The molecule has 0 atom stereocenters. The number of carbonyl (C=O) groups is 1. The Labute approximate surface area is 170 Å². The lowest BCUT2D eigenvalue weighted by atomic mass is 10.2. The maximum Gasteiger partial charge on any atom is 0.283 e. The number of unbranched alkanes of at least 4 members (excludes halogenated alkanes) is 1. The lowest BCUT2D eigenvalue weighted by molar-refractivity contribution is -0.113. The van der Waals surface area contributed by atoms with Crippen molar-refractivity contribution in [3.05, 3.63) is 59.8 Å². The summed E-state index contributed by atoms with van der Waals surface area (Å²) in [4.78, 5) is 19.4. The Bertz CT molecular complexity index is 891. The fourth-order valence-corrected chi connectivity index (χ4v) is 3.83. The first-order valence-electron chi connectivity index (χ1n) is 9.22. The summed E-state index contributed by atoms with van der Waals surface area (Å²) in [6.07, 6.45) is 3.98. The van der Waals surface area contributed by atoms with Gasteiger partial charge in [0.1, 0.15) is 17.2 Å². The number of nitrogens with zero attached hydrogens (tertiary/aromatic N) is 2. The first-order valence-corrected chi connectivity index (χ1v) is 10.2.